The van der Waals surface area contributed by atoms with Gasteiger partial charge in [-0.2, -0.15) is 5.10 Å². The predicted molar refractivity (Wildman–Crippen MR) is 117 cm³/mol. The fourth-order valence-electron chi connectivity index (χ4n) is 2.87. The van der Waals surface area contributed by atoms with Gasteiger partial charge in [-0.3, -0.25) is 4.79 Å². The van der Waals surface area contributed by atoms with Gasteiger partial charge < -0.3 is 19.2 Å². The maximum atomic E-state index is 12.1. The molecule has 1 heterocycles. The van der Waals surface area contributed by atoms with Crippen LogP contribution in [0.2, 0.25) is 0 Å². The first-order valence-electron chi connectivity index (χ1n) is 9.53. The summed E-state index contributed by atoms with van der Waals surface area (Å²) >= 11 is 0. The summed E-state index contributed by atoms with van der Waals surface area (Å²) < 4.78 is 15.6. The minimum atomic E-state index is -0.631. The van der Waals surface area contributed by atoms with Crippen LogP contribution in [0.5, 0.6) is 11.5 Å². The lowest BCUT2D eigenvalue weighted by molar-refractivity contribution is -0.119. The van der Waals surface area contributed by atoms with Gasteiger partial charge in [0.25, 0.3) is 5.91 Å². The number of rotatable bonds is 8. The number of hydrazone groups is 1. The smallest absolute Gasteiger partial charge is 0.379 e. The highest BCUT2D eigenvalue weighted by atomic mass is 16.6. The fourth-order valence-corrected chi connectivity index (χ4v) is 2.87. The summed E-state index contributed by atoms with van der Waals surface area (Å²) in [7, 11) is 1.46. The van der Waals surface area contributed by atoms with Crippen molar-refractivity contribution < 1.29 is 23.5 Å². The number of anilines is 1. The highest BCUT2D eigenvalue weighted by Crippen LogP contribution is 2.28. The second-order valence-electron chi connectivity index (χ2n) is 6.69. The lowest BCUT2D eigenvalue weighted by Gasteiger charge is -2.11. The van der Waals surface area contributed by atoms with Crippen LogP contribution in [0.3, 0.4) is 0 Å². The number of amides is 1. The molecule has 0 atom stereocenters. The number of esters is 1. The van der Waals surface area contributed by atoms with Crippen LogP contribution in [-0.4, -0.2) is 31.7 Å². The number of hydrogen-bond acceptors (Lipinski definition) is 7. The molecule has 160 valence electrons. The number of hydrogen-bond donors (Lipinski definition) is 2. The molecule has 3 rings (SSSR count). The molecule has 8 nitrogen and oxygen atoms in total. The lowest BCUT2D eigenvalue weighted by Crippen LogP contribution is -2.26. The molecule has 1 amide bonds. The van der Waals surface area contributed by atoms with Gasteiger partial charge in [-0.1, -0.05) is 18.2 Å². The zero-order valence-electron chi connectivity index (χ0n) is 17.5. The van der Waals surface area contributed by atoms with E-state index in [2.05, 4.69) is 15.8 Å². The SMILES string of the molecule is COc1cc(/C=N\NC(=O)CNc2c(C)cccc2C)ccc1OC(=O)c1ccco1. The van der Waals surface area contributed by atoms with Crippen molar-refractivity contribution in [3.63, 3.8) is 0 Å². The second-order valence-corrected chi connectivity index (χ2v) is 6.69. The Labute approximate surface area is 179 Å². The zero-order chi connectivity index (χ0) is 22.2. The number of ether oxygens (including phenoxy) is 2. The molecule has 0 radical (unpaired) electrons. The normalized spacial score (nSPS) is 10.7. The number of furan rings is 1. The third kappa shape index (κ3) is 5.72. The molecule has 0 aliphatic heterocycles. The molecular formula is C23H23N3O5. The van der Waals surface area contributed by atoms with E-state index in [1.165, 1.54) is 25.7 Å². The van der Waals surface area contributed by atoms with Gasteiger partial charge in [-0.25, -0.2) is 10.2 Å². The summed E-state index contributed by atoms with van der Waals surface area (Å²) in [4.78, 5) is 24.1. The van der Waals surface area contributed by atoms with Gasteiger partial charge in [0.05, 0.1) is 26.1 Å². The molecule has 31 heavy (non-hydrogen) atoms. The van der Waals surface area contributed by atoms with Crippen molar-refractivity contribution >= 4 is 23.8 Å². The van der Waals surface area contributed by atoms with Crippen LogP contribution in [0.1, 0.15) is 27.2 Å². The molecule has 0 unspecified atom stereocenters. The third-order valence-electron chi connectivity index (χ3n) is 4.42. The largest absolute Gasteiger partial charge is 0.493 e. The van der Waals surface area contributed by atoms with Crippen LogP contribution < -0.4 is 20.2 Å². The molecule has 0 bridgehead atoms. The second kappa shape index (κ2) is 10.1. The Morgan fingerprint density at radius 3 is 2.52 bits per heavy atom. The van der Waals surface area contributed by atoms with E-state index < -0.39 is 5.97 Å². The van der Waals surface area contributed by atoms with Gasteiger partial charge in [0.2, 0.25) is 5.76 Å². The van der Waals surface area contributed by atoms with Gasteiger partial charge in [0.15, 0.2) is 11.5 Å². The van der Waals surface area contributed by atoms with Gasteiger partial charge in [-0.15, -0.1) is 0 Å². The minimum Gasteiger partial charge on any atom is -0.493 e. The highest BCUT2D eigenvalue weighted by molar-refractivity contribution is 5.89. The quantitative estimate of drug-likeness (QED) is 0.249. The number of methoxy groups -OCH3 is 1. The number of nitrogens with zero attached hydrogens (tertiary/aromatic N) is 1. The Morgan fingerprint density at radius 1 is 1.06 bits per heavy atom. The molecule has 0 aliphatic rings. The number of aryl methyl sites for hydroxylation is 2. The predicted octanol–water partition coefficient (Wildman–Crippen LogP) is 3.69. The van der Waals surface area contributed by atoms with Crippen molar-refractivity contribution in [1.82, 2.24) is 5.43 Å². The zero-order valence-corrected chi connectivity index (χ0v) is 17.5. The van der Waals surface area contributed by atoms with Gasteiger partial charge in [0, 0.05) is 5.69 Å². The maximum Gasteiger partial charge on any atom is 0.379 e. The first kappa shape index (κ1) is 21.6. The van der Waals surface area contributed by atoms with Crippen LogP contribution in [-0.2, 0) is 4.79 Å². The van der Waals surface area contributed by atoms with E-state index in [-0.39, 0.29) is 24.0 Å². The molecule has 0 fully saturated rings. The van der Waals surface area contributed by atoms with Gasteiger partial charge in [-0.05, 0) is 60.9 Å². The van der Waals surface area contributed by atoms with Gasteiger partial charge >= 0.3 is 5.97 Å². The lowest BCUT2D eigenvalue weighted by atomic mass is 10.1. The average Bonchev–Trinajstić information content (AvgIpc) is 3.29. The number of carbonyl (C=O) groups excluding carboxylic acids is 2. The molecule has 0 saturated heterocycles. The summed E-state index contributed by atoms with van der Waals surface area (Å²) in [6.07, 6.45) is 2.86. The van der Waals surface area contributed by atoms with Gasteiger partial charge in [0.1, 0.15) is 0 Å². The summed E-state index contributed by atoms with van der Waals surface area (Å²) in [5.74, 6) is -0.247. The van der Waals surface area contributed by atoms with E-state index in [0.717, 1.165) is 16.8 Å². The minimum absolute atomic E-state index is 0.0879. The summed E-state index contributed by atoms with van der Waals surface area (Å²) in [6.45, 7) is 4.05. The van der Waals surface area contributed by atoms with E-state index in [1.54, 1.807) is 24.3 Å². The molecule has 3 aromatic rings. The first-order valence-corrected chi connectivity index (χ1v) is 9.53. The molecule has 2 N–H and O–H groups in total. The van der Waals surface area contributed by atoms with Crippen molar-refractivity contribution in [2.75, 3.05) is 19.0 Å². The number of carbonyl (C=O) groups is 2. The molecule has 0 spiro atoms. The Balaban J connectivity index is 1.56. The number of benzene rings is 2. The monoisotopic (exact) mass is 421 g/mol. The fraction of sp³-hybridized carbons (Fsp3) is 0.174. The van der Waals surface area contributed by atoms with E-state index in [4.69, 9.17) is 13.9 Å². The van der Waals surface area contributed by atoms with Crippen LogP contribution in [0, 0.1) is 13.8 Å². The molecule has 1 aromatic heterocycles. The first-order chi connectivity index (χ1) is 15.0. The Hall–Kier alpha value is -4.07. The molecule has 2 aromatic carbocycles. The maximum absolute atomic E-state index is 12.1. The van der Waals surface area contributed by atoms with Crippen LogP contribution in [0.25, 0.3) is 0 Å². The van der Waals surface area contributed by atoms with E-state index in [9.17, 15) is 9.59 Å². The summed E-state index contributed by atoms with van der Waals surface area (Å²) in [5.41, 5.74) is 6.19. The Bertz CT molecular complexity index is 1070. The summed E-state index contributed by atoms with van der Waals surface area (Å²) in [5, 5.41) is 7.09. The Morgan fingerprint density at radius 2 is 1.84 bits per heavy atom. The van der Waals surface area contributed by atoms with Crippen LogP contribution >= 0.6 is 0 Å². The molecule has 8 heteroatoms. The van der Waals surface area contributed by atoms with E-state index >= 15 is 0 Å². The molecule has 0 aliphatic carbocycles. The number of nitrogens with one attached hydrogen (secondary N) is 2. The van der Waals surface area contributed by atoms with E-state index in [1.807, 2.05) is 32.0 Å². The average molecular weight is 421 g/mol. The molecule has 0 saturated carbocycles. The van der Waals surface area contributed by atoms with Crippen molar-refractivity contribution in [2.24, 2.45) is 5.10 Å². The van der Waals surface area contributed by atoms with Crippen molar-refractivity contribution in [3.8, 4) is 11.5 Å². The van der Waals surface area contributed by atoms with Crippen molar-refractivity contribution in [3.05, 3.63) is 77.2 Å². The topological polar surface area (TPSA) is 102 Å². The van der Waals surface area contributed by atoms with Crippen LogP contribution in [0.4, 0.5) is 5.69 Å². The number of para-hydroxylation sites is 1. The Kier molecular flexibility index (Phi) is 7.05. The van der Waals surface area contributed by atoms with Crippen molar-refractivity contribution in [2.45, 2.75) is 13.8 Å². The molecular weight excluding hydrogens is 398 g/mol. The highest BCUT2D eigenvalue weighted by Gasteiger charge is 2.15. The van der Waals surface area contributed by atoms with Crippen molar-refractivity contribution in [1.29, 1.82) is 0 Å². The summed E-state index contributed by atoms with van der Waals surface area (Å²) in [6, 6.07) is 13.9. The van der Waals surface area contributed by atoms with E-state index in [0.29, 0.717) is 11.3 Å². The van der Waals surface area contributed by atoms with Crippen LogP contribution in [0.15, 0.2) is 64.3 Å². The standard InChI is InChI=1S/C23H23N3O5/c1-15-6-4-7-16(2)22(15)24-14-21(27)26-25-13-17-9-10-18(20(12-17)29-3)31-23(28)19-8-5-11-30-19/h4-13,24H,14H2,1-3H3,(H,26,27)/b25-13-. The third-order valence-corrected chi connectivity index (χ3v) is 4.42.